The summed E-state index contributed by atoms with van der Waals surface area (Å²) in [6.07, 6.45) is 3.72. The summed E-state index contributed by atoms with van der Waals surface area (Å²) in [4.78, 5) is 6.26. The molecule has 0 radical (unpaired) electrons. The smallest absolute Gasteiger partial charge is 0.0424 e. The maximum atomic E-state index is 4.05. The van der Waals surface area contributed by atoms with E-state index in [9.17, 15) is 0 Å². The standard InChI is InChI=1S/C9H13BrN2/c1-8-7-11-5-3-9(8)12(2)6-4-10/h3,5,7H,4,6H2,1-2H3. The van der Waals surface area contributed by atoms with E-state index in [0.29, 0.717) is 0 Å². The summed E-state index contributed by atoms with van der Waals surface area (Å²) >= 11 is 3.41. The molecular formula is C9H13BrN2. The Morgan fingerprint density at radius 3 is 2.92 bits per heavy atom. The first-order valence-electron chi connectivity index (χ1n) is 3.93. The zero-order valence-electron chi connectivity index (χ0n) is 7.42. The van der Waals surface area contributed by atoms with Crippen molar-refractivity contribution in [1.82, 2.24) is 4.98 Å². The molecule has 0 atom stereocenters. The first-order valence-corrected chi connectivity index (χ1v) is 5.05. The van der Waals surface area contributed by atoms with Crippen molar-refractivity contribution >= 4 is 21.6 Å². The lowest BCUT2D eigenvalue weighted by atomic mass is 10.2. The number of alkyl halides is 1. The van der Waals surface area contributed by atoms with Crippen molar-refractivity contribution in [3.05, 3.63) is 24.0 Å². The molecule has 1 rings (SSSR count). The van der Waals surface area contributed by atoms with Crippen molar-refractivity contribution in [2.45, 2.75) is 6.92 Å². The summed E-state index contributed by atoms with van der Waals surface area (Å²) in [5.74, 6) is 0. The molecule has 0 saturated carbocycles. The molecule has 0 fully saturated rings. The number of anilines is 1. The van der Waals surface area contributed by atoms with Gasteiger partial charge < -0.3 is 4.90 Å². The fraction of sp³-hybridized carbons (Fsp3) is 0.444. The van der Waals surface area contributed by atoms with Crippen LogP contribution in [0.2, 0.25) is 0 Å². The summed E-state index contributed by atoms with van der Waals surface area (Å²) in [5, 5.41) is 0.991. The summed E-state index contributed by atoms with van der Waals surface area (Å²) in [6, 6.07) is 2.04. The van der Waals surface area contributed by atoms with Gasteiger partial charge in [0.1, 0.15) is 0 Å². The van der Waals surface area contributed by atoms with Crippen LogP contribution in [-0.4, -0.2) is 23.9 Å². The Labute approximate surface area is 81.7 Å². The largest absolute Gasteiger partial charge is 0.373 e. The molecule has 2 nitrogen and oxygen atoms in total. The Morgan fingerprint density at radius 1 is 1.58 bits per heavy atom. The van der Waals surface area contributed by atoms with Gasteiger partial charge in [-0.15, -0.1) is 0 Å². The van der Waals surface area contributed by atoms with Gasteiger partial charge in [-0.05, 0) is 18.6 Å². The van der Waals surface area contributed by atoms with Crippen molar-refractivity contribution in [1.29, 1.82) is 0 Å². The number of hydrogen-bond donors (Lipinski definition) is 0. The van der Waals surface area contributed by atoms with Crippen LogP contribution in [0, 0.1) is 6.92 Å². The van der Waals surface area contributed by atoms with E-state index >= 15 is 0 Å². The molecular weight excluding hydrogens is 216 g/mol. The highest BCUT2D eigenvalue weighted by molar-refractivity contribution is 9.09. The minimum absolute atomic E-state index is 0.991. The number of aryl methyl sites for hydroxylation is 1. The molecule has 0 saturated heterocycles. The molecule has 0 aliphatic carbocycles. The van der Waals surface area contributed by atoms with Crippen LogP contribution in [-0.2, 0) is 0 Å². The molecule has 12 heavy (non-hydrogen) atoms. The van der Waals surface area contributed by atoms with Gasteiger partial charge in [-0.2, -0.15) is 0 Å². The Balaban J connectivity index is 2.79. The molecule has 0 bridgehead atoms. The average Bonchev–Trinajstić information content (AvgIpc) is 2.05. The number of aromatic nitrogens is 1. The predicted molar refractivity (Wildman–Crippen MR) is 56.0 cm³/mol. The van der Waals surface area contributed by atoms with Gasteiger partial charge in [0.2, 0.25) is 0 Å². The second-order valence-electron chi connectivity index (χ2n) is 2.77. The van der Waals surface area contributed by atoms with E-state index in [2.05, 4.69) is 39.8 Å². The summed E-state index contributed by atoms with van der Waals surface area (Å²) in [7, 11) is 2.09. The average molecular weight is 229 g/mol. The maximum Gasteiger partial charge on any atom is 0.0424 e. The van der Waals surface area contributed by atoms with E-state index in [4.69, 9.17) is 0 Å². The summed E-state index contributed by atoms with van der Waals surface area (Å²) < 4.78 is 0. The Bertz CT molecular complexity index is 250. The zero-order chi connectivity index (χ0) is 8.97. The van der Waals surface area contributed by atoms with E-state index in [1.807, 2.05) is 18.5 Å². The van der Waals surface area contributed by atoms with Crippen molar-refractivity contribution < 1.29 is 0 Å². The fourth-order valence-electron chi connectivity index (χ4n) is 1.14. The van der Waals surface area contributed by atoms with Gasteiger partial charge in [0.25, 0.3) is 0 Å². The second-order valence-corrected chi connectivity index (χ2v) is 3.57. The van der Waals surface area contributed by atoms with Gasteiger partial charge in [0, 0.05) is 37.0 Å². The molecule has 1 heterocycles. The molecule has 0 unspecified atom stereocenters. The minimum atomic E-state index is 0.991. The monoisotopic (exact) mass is 228 g/mol. The van der Waals surface area contributed by atoms with Gasteiger partial charge in [-0.25, -0.2) is 0 Å². The Morgan fingerprint density at radius 2 is 2.33 bits per heavy atom. The van der Waals surface area contributed by atoms with Crippen LogP contribution in [0.4, 0.5) is 5.69 Å². The third kappa shape index (κ3) is 2.21. The fourth-order valence-corrected chi connectivity index (χ4v) is 1.67. The summed E-state index contributed by atoms with van der Waals surface area (Å²) in [6.45, 7) is 3.10. The second kappa shape index (κ2) is 4.45. The van der Waals surface area contributed by atoms with E-state index in [1.165, 1.54) is 11.3 Å². The zero-order valence-corrected chi connectivity index (χ0v) is 9.00. The first kappa shape index (κ1) is 9.52. The van der Waals surface area contributed by atoms with Crippen molar-refractivity contribution in [2.75, 3.05) is 23.8 Å². The molecule has 0 spiro atoms. The number of halogens is 1. The van der Waals surface area contributed by atoms with Crippen LogP contribution in [0.5, 0.6) is 0 Å². The highest BCUT2D eigenvalue weighted by Gasteiger charge is 2.01. The van der Waals surface area contributed by atoms with E-state index in [-0.39, 0.29) is 0 Å². The van der Waals surface area contributed by atoms with Gasteiger partial charge in [-0.3, -0.25) is 4.98 Å². The molecule has 0 aliphatic rings. The van der Waals surface area contributed by atoms with Crippen molar-refractivity contribution in [2.24, 2.45) is 0 Å². The normalized spacial score (nSPS) is 9.92. The molecule has 66 valence electrons. The van der Waals surface area contributed by atoms with Crippen LogP contribution in [0.25, 0.3) is 0 Å². The highest BCUT2D eigenvalue weighted by atomic mass is 79.9. The molecule has 0 aromatic carbocycles. The van der Waals surface area contributed by atoms with Gasteiger partial charge in [0.15, 0.2) is 0 Å². The van der Waals surface area contributed by atoms with Crippen LogP contribution in [0.3, 0.4) is 0 Å². The predicted octanol–water partition coefficient (Wildman–Crippen LogP) is 2.22. The first-order chi connectivity index (χ1) is 5.75. The number of pyridine rings is 1. The van der Waals surface area contributed by atoms with Crippen molar-refractivity contribution in [3.63, 3.8) is 0 Å². The van der Waals surface area contributed by atoms with E-state index in [1.54, 1.807) is 0 Å². The minimum Gasteiger partial charge on any atom is -0.373 e. The summed E-state index contributed by atoms with van der Waals surface area (Å²) in [5.41, 5.74) is 2.48. The number of nitrogens with zero attached hydrogens (tertiary/aromatic N) is 2. The van der Waals surface area contributed by atoms with Crippen molar-refractivity contribution in [3.8, 4) is 0 Å². The maximum absolute atomic E-state index is 4.05. The quantitative estimate of drug-likeness (QED) is 0.739. The topological polar surface area (TPSA) is 16.1 Å². The van der Waals surface area contributed by atoms with E-state index in [0.717, 1.165) is 11.9 Å². The van der Waals surface area contributed by atoms with Crippen LogP contribution in [0.1, 0.15) is 5.56 Å². The molecule has 3 heteroatoms. The van der Waals surface area contributed by atoms with Gasteiger partial charge in [0.05, 0.1) is 0 Å². The van der Waals surface area contributed by atoms with Gasteiger partial charge in [-0.1, -0.05) is 15.9 Å². The lowest BCUT2D eigenvalue weighted by Gasteiger charge is -2.19. The molecule has 0 amide bonds. The molecule has 1 aromatic rings. The van der Waals surface area contributed by atoms with Crippen LogP contribution < -0.4 is 4.90 Å². The lowest BCUT2D eigenvalue weighted by molar-refractivity contribution is 0.970. The third-order valence-corrected chi connectivity index (χ3v) is 2.18. The molecule has 1 aromatic heterocycles. The van der Waals surface area contributed by atoms with Crippen LogP contribution >= 0.6 is 15.9 Å². The molecule has 0 N–H and O–H groups in total. The van der Waals surface area contributed by atoms with Gasteiger partial charge >= 0.3 is 0 Å². The number of hydrogen-bond acceptors (Lipinski definition) is 2. The van der Waals surface area contributed by atoms with Crippen LogP contribution in [0.15, 0.2) is 18.5 Å². The van der Waals surface area contributed by atoms with E-state index < -0.39 is 0 Å². The lowest BCUT2D eigenvalue weighted by Crippen LogP contribution is -2.20. The Kier molecular flexibility index (Phi) is 3.53. The SMILES string of the molecule is Cc1cnccc1N(C)CCBr. The highest BCUT2D eigenvalue weighted by Crippen LogP contribution is 2.15. The third-order valence-electron chi connectivity index (χ3n) is 1.82. The molecule has 0 aliphatic heterocycles. The number of rotatable bonds is 3. The Hall–Kier alpha value is -0.570.